The molecule has 0 saturated heterocycles. The fourth-order valence-corrected chi connectivity index (χ4v) is 3.18. The van der Waals surface area contributed by atoms with E-state index in [2.05, 4.69) is 15.7 Å². The number of amides is 2. The summed E-state index contributed by atoms with van der Waals surface area (Å²) in [7, 11) is 1.59. The highest BCUT2D eigenvalue weighted by Crippen LogP contribution is 2.17. The molecule has 0 spiro atoms. The van der Waals surface area contributed by atoms with E-state index in [0.29, 0.717) is 11.7 Å². The van der Waals surface area contributed by atoms with Gasteiger partial charge in [-0.15, -0.1) is 0 Å². The Hall–Kier alpha value is -2.83. The number of carbonyl (C=O) groups is 2. The lowest BCUT2D eigenvalue weighted by Gasteiger charge is -2.11. The van der Waals surface area contributed by atoms with Crippen molar-refractivity contribution in [2.45, 2.75) is 44.7 Å². The van der Waals surface area contributed by atoms with Gasteiger partial charge in [-0.05, 0) is 30.5 Å². The van der Waals surface area contributed by atoms with E-state index in [-0.39, 0.29) is 24.8 Å². The van der Waals surface area contributed by atoms with E-state index >= 15 is 0 Å². The van der Waals surface area contributed by atoms with Crippen molar-refractivity contribution in [2.24, 2.45) is 0 Å². The highest BCUT2D eigenvalue weighted by Gasteiger charge is 2.17. The van der Waals surface area contributed by atoms with Crippen LogP contribution in [0.15, 0.2) is 36.7 Å². The molecular formula is C19H24N4O3. The summed E-state index contributed by atoms with van der Waals surface area (Å²) in [6.45, 7) is 0.155. The quantitative estimate of drug-likeness (QED) is 0.796. The summed E-state index contributed by atoms with van der Waals surface area (Å²) in [5.41, 5.74) is 1.44. The molecule has 7 nitrogen and oxygen atoms in total. The minimum Gasteiger partial charge on any atom is -0.497 e. The lowest BCUT2D eigenvalue weighted by molar-refractivity contribution is -0.122. The second-order valence-corrected chi connectivity index (χ2v) is 6.55. The van der Waals surface area contributed by atoms with Crippen molar-refractivity contribution in [3.8, 4) is 5.75 Å². The Morgan fingerprint density at radius 3 is 2.85 bits per heavy atom. The molecule has 0 atom stereocenters. The van der Waals surface area contributed by atoms with Crippen LogP contribution in [-0.4, -0.2) is 34.7 Å². The van der Waals surface area contributed by atoms with Crippen LogP contribution in [0.25, 0.3) is 0 Å². The number of anilines is 1. The Kier molecular flexibility index (Phi) is 5.88. The molecule has 3 rings (SSSR count). The first kappa shape index (κ1) is 18.0. The van der Waals surface area contributed by atoms with Gasteiger partial charge in [-0.2, -0.15) is 5.10 Å². The summed E-state index contributed by atoms with van der Waals surface area (Å²) >= 11 is 0. The van der Waals surface area contributed by atoms with Crippen LogP contribution >= 0.6 is 0 Å². The second-order valence-electron chi connectivity index (χ2n) is 6.55. The van der Waals surface area contributed by atoms with E-state index in [9.17, 15) is 9.59 Å². The Balaban J connectivity index is 1.49. The summed E-state index contributed by atoms with van der Waals surface area (Å²) in [6.07, 6.45) is 7.91. The number of rotatable bonds is 7. The number of hydrogen-bond donors (Lipinski definition) is 2. The van der Waals surface area contributed by atoms with Gasteiger partial charge in [0.05, 0.1) is 25.4 Å². The summed E-state index contributed by atoms with van der Waals surface area (Å²) in [6, 6.07) is 7.68. The molecule has 1 aromatic carbocycles. The average Bonchev–Trinajstić information content (AvgIpc) is 3.27. The summed E-state index contributed by atoms with van der Waals surface area (Å²) in [5.74, 6) is 0.527. The lowest BCUT2D eigenvalue weighted by Crippen LogP contribution is -2.35. The van der Waals surface area contributed by atoms with E-state index in [4.69, 9.17) is 4.74 Å². The molecule has 2 N–H and O–H groups in total. The molecule has 1 aromatic heterocycles. The van der Waals surface area contributed by atoms with Crippen LogP contribution in [0.3, 0.4) is 0 Å². The van der Waals surface area contributed by atoms with Crippen molar-refractivity contribution in [3.05, 3.63) is 42.2 Å². The number of aromatic nitrogens is 2. The van der Waals surface area contributed by atoms with Crippen molar-refractivity contribution in [1.82, 2.24) is 15.1 Å². The van der Waals surface area contributed by atoms with Crippen molar-refractivity contribution in [2.75, 3.05) is 12.4 Å². The second kappa shape index (κ2) is 8.51. The molecule has 0 radical (unpaired) electrons. The zero-order valence-electron chi connectivity index (χ0n) is 14.9. The van der Waals surface area contributed by atoms with Gasteiger partial charge in [0.25, 0.3) is 0 Å². The number of benzene rings is 1. The van der Waals surface area contributed by atoms with Crippen LogP contribution in [-0.2, 0) is 22.6 Å². The molecule has 0 bridgehead atoms. The maximum Gasteiger partial charge on any atom is 0.241 e. The first-order valence-corrected chi connectivity index (χ1v) is 8.87. The van der Waals surface area contributed by atoms with Crippen LogP contribution in [0, 0.1) is 0 Å². The molecule has 1 saturated carbocycles. The molecule has 1 fully saturated rings. The molecule has 7 heteroatoms. The predicted molar refractivity (Wildman–Crippen MR) is 98.0 cm³/mol. The molecule has 2 aromatic rings. The third-order valence-electron chi connectivity index (χ3n) is 4.44. The Morgan fingerprint density at radius 1 is 1.27 bits per heavy atom. The fraction of sp³-hybridized carbons (Fsp3) is 0.421. The van der Waals surface area contributed by atoms with Gasteiger partial charge in [-0.25, -0.2) is 0 Å². The molecule has 0 aliphatic heterocycles. The lowest BCUT2D eigenvalue weighted by atomic mass is 10.1. The van der Waals surface area contributed by atoms with Crippen LogP contribution in [0.2, 0.25) is 0 Å². The minimum absolute atomic E-state index is 0.0470. The topological polar surface area (TPSA) is 85.2 Å². The van der Waals surface area contributed by atoms with Crippen molar-refractivity contribution in [1.29, 1.82) is 0 Å². The molecule has 2 amide bonds. The Morgan fingerprint density at radius 2 is 2.08 bits per heavy atom. The average molecular weight is 356 g/mol. The van der Waals surface area contributed by atoms with Gasteiger partial charge in [-0.3, -0.25) is 14.3 Å². The largest absolute Gasteiger partial charge is 0.497 e. The molecule has 1 aliphatic carbocycles. The summed E-state index contributed by atoms with van der Waals surface area (Å²) in [4.78, 5) is 24.2. The van der Waals surface area contributed by atoms with Crippen LogP contribution in [0.5, 0.6) is 5.75 Å². The maximum absolute atomic E-state index is 12.2. The van der Waals surface area contributed by atoms with E-state index in [1.165, 1.54) is 17.5 Å². The molecule has 138 valence electrons. The molecule has 1 aliphatic rings. The maximum atomic E-state index is 12.2. The normalized spacial score (nSPS) is 14.2. The zero-order chi connectivity index (χ0) is 18.4. The van der Waals surface area contributed by atoms with Gasteiger partial charge >= 0.3 is 0 Å². The van der Waals surface area contributed by atoms with E-state index in [1.807, 2.05) is 24.3 Å². The van der Waals surface area contributed by atoms with E-state index in [0.717, 1.165) is 24.2 Å². The fourth-order valence-electron chi connectivity index (χ4n) is 3.18. The molecular weight excluding hydrogens is 332 g/mol. The van der Waals surface area contributed by atoms with Crippen molar-refractivity contribution in [3.63, 3.8) is 0 Å². The molecule has 1 heterocycles. The number of nitrogens with one attached hydrogen (secondary N) is 2. The molecule has 0 unspecified atom stereocenters. The van der Waals surface area contributed by atoms with Gasteiger partial charge in [0.15, 0.2) is 0 Å². The predicted octanol–water partition coefficient (Wildman–Crippen LogP) is 2.13. The first-order valence-electron chi connectivity index (χ1n) is 8.87. The van der Waals surface area contributed by atoms with Gasteiger partial charge in [-0.1, -0.05) is 25.0 Å². The van der Waals surface area contributed by atoms with Crippen molar-refractivity contribution < 1.29 is 14.3 Å². The highest BCUT2D eigenvalue weighted by atomic mass is 16.5. The summed E-state index contributed by atoms with van der Waals surface area (Å²) < 4.78 is 6.69. The Bertz CT molecular complexity index is 766. The number of nitrogens with zero attached hydrogens (tertiary/aromatic N) is 2. The SMILES string of the molecule is COc1cccc(CC(=O)Nc2cnn(CC(=O)NC3CCCC3)c2)c1. The summed E-state index contributed by atoms with van der Waals surface area (Å²) in [5, 5.41) is 9.96. The minimum atomic E-state index is -0.145. The molecule has 26 heavy (non-hydrogen) atoms. The monoisotopic (exact) mass is 356 g/mol. The number of ether oxygens (including phenoxy) is 1. The van der Waals surface area contributed by atoms with Gasteiger partial charge in [0, 0.05) is 12.2 Å². The van der Waals surface area contributed by atoms with Crippen LogP contribution in [0.4, 0.5) is 5.69 Å². The number of carbonyl (C=O) groups excluding carboxylic acids is 2. The number of hydrogen-bond acceptors (Lipinski definition) is 4. The van der Waals surface area contributed by atoms with Gasteiger partial charge < -0.3 is 15.4 Å². The third-order valence-corrected chi connectivity index (χ3v) is 4.44. The highest BCUT2D eigenvalue weighted by molar-refractivity contribution is 5.92. The number of methoxy groups -OCH3 is 1. The smallest absolute Gasteiger partial charge is 0.241 e. The van der Waals surface area contributed by atoms with Gasteiger partial charge in [0.1, 0.15) is 12.3 Å². The van der Waals surface area contributed by atoms with Crippen LogP contribution in [0.1, 0.15) is 31.2 Å². The Labute approximate surface area is 152 Å². The third kappa shape index (κ3) is 5.08. The first-order chi connectivity index (χ1) is 12.6. The van der Waals surface area contributed by atoms with Crippen LogP contribution < -0.4 is 15.4 Å². The zero-order valence-corrected chi connectivity index (χ0v) is 14.9. The standard InChI is InChI=1S/C19H24N4O3/c1-26-17-8-4-5-14(9-17)10-18(24)22-16-11-20-23(12-16)13-19(25)21-15-6-2-3-7-15/h4-5,8-9,11-12,15H,2-3,6-7,10,13H2,1H3,(H,21,25)(H,22,24). The van der Waals surface area contributed by atoms with Crippen molar-refractivity contribution >= 4 is 17.5 Å². The van der Waals surface area contributed by atoms with E-state index < -0.39 is 0 Å². The van der Waals surface area contributed by atoms with E-state index in [1.54, 1.807) is 19.5 Å². The van der Waals surface area contributed by atoms with Gasteiger partial charge in [0.2, 0.25) is 11.8 Å².